The highest BCUT2D eigenvalue weighted by molar-refractivity contribution is 5.82. The molecular formula is C22H32FN3O4. The summed E-state index contributed by atoms with van der Waals surface area (Å²) < 4.78 is 18.3. The van der Waals surface area contributed by atoms with E-state index in [-0.39, 0.29) is 24.2 Å². The zero-order chi connectivity index (χ0) is 22.1. The minimum atomic E-state index is -0.622. The molecule has 0 aliphatic carbocycles. The average molecular weight is 422 g/mol. The number of carbonyl (C=O) groups excluding carboxylic acids is 3. The van der Waals surface area contributed by atoms with Gasteiger partial charge in [0.2, 0.25) is 11.8 Å². The van der Waals surface area contributed by atoms with Gasteiger partial charge in [-0.05, 0) is 63.6 Å². The molecule has 3 amide bonds. The lowest BCUT2D eigenvalue weighted by Crippen LogP contribution is -2.44. The molecule has 1 fully saturated rings. The molecule has 0 spiro atoms. The van der Waals surface area contributed by atoms with Gasteiger partial charge in [0.15, 0.2) is 0 Å². The summed E-state index contributed by atoms with van der Waals surface area (Å²) in [7, 11) is 0. The second-order valence-electron chi connectivity index (χ2n) is 8.61. The summed E-state index contributed by atoms with van der Waals surface area (Å²) in [6.07, 6.45) is 1.89. The van der Waals surface area contributed by atoms with Crippen molar-refractivity contribution in [1.29, 1.82) is 0 Å². The minimum absolute atomic E-state index is 0.0725. The van der Waals surface area contributed by atoms with Gasteiger partial charge in [-0.1, -0.05) is 12.1 Å². The van der Waals surface area contributed by atoms with Gasteiger partial charge in [-0.2, -0.15) is 0 Å². The molecule has 1 aliphatic heterocycles. The van der Waals surface area contributed by atoms with E-state index in [1.165, 1.54) is 12.1 Å². The first-order chi connectivity index (χ1) is 14.1. The van der Waals surface area contributed by atoms with Crippen LogP contribution in [0.3, 0.4) is 0 Å². The molecule has 1 saturated heterocycles. The fourth-order valence-corrected chi connectivity index (χ4v) is 3.28. The van der Waals surface area contributed by atoms with Gasteiger partial charge in [-0.25, -0.2) is 9.18 Å². The largest absolute Gasteiger partial charge is 0.444 e. The van der Waals surface area contributed by atoms with Crippen molar-refractivity contribution in [3.05, 3.63) is 35.6 Å². The van der Waals surface area contributed by atoms with Gasteiger partial charge in [-0.3, -0.25) is 9.59 Å². The molecule has 1 aliphatic rings. The van der Waals surface area contributed by atoms with E-state index >= 15 is 0 Å². The topological polar surface area (TPSA) is 87.7 Å². The maximum atomic E-state index is 13.2. The van der Waals surface area contributed by atoms with Crippen LogP contribution in [0.5, 0.6) is 0 Å². The molecule has 2 rings (SSSR count). The molecule has 0 aromatic heterocycles. The van der Waals surface area contributed by atoms with Crippen LogP contribution >= 0.6 is 0 Å². The van der Waals surface area contributed by atoms with Crippen LogP contribution in [0.1, 0.15) is 45.6 Å². The Bertz CT molecular complexity index is 740. The first-order valence-electron chi connectivity index (χ1n) is 10.4. The number of nitrogens with one attached hydrogen (secondary N) is 2. The van der Waals surface area contributed by atoms with Gasteiger partial charge in [0.1, 0.15) is 11.4 Å². The summed E-state index contributed by atoms with van der Waals surface area (Å²) in [6, 6.07) is 6.32. The Kier molecular flexibility index (Phi) is 8.62. The normalized spacial score (nSPS) is 14.9. The van der Waals surface area contributed by atoms with Crippen molar-refractivity contribution in [2.24, 2.45) is 5.92 Å². The predicted octanol–water partition coefficient (Wildman–Crippen LogP) is 2.64. The zero-order valence-corrected chi connectivity index (χ0v) is 18.0. The van der Waals surface area contributed by atoms with Gasteiger partial charge in [0.25, 0.3) is 0 Å². The van der Waals surface area contributed by atoms with E-state index in [9.17, 15) is 18.8 Å². The number of ether oxygens (including phenoxy) is 1. The van der Waals surface area contributed by atoms with E-state index in [1.54, 1.807) is 26.8 Å². The quantitative estimate of drug-likeness (QED) is 0.709. The molecule has 166 valence electrons. The fourth-order valence-electron chi connectivity index (χ4n) is 3.28. The van der Waals surface area contributed by atoms with E-state index < -0.39 is 11.7 Å². The van der Waals surface area contributed by atoms with Crippen LogP contribution in [0.25, 0.3) is 0 Å². The van der Waals surface area contributed by atoms with E-state index in [2.05, 4.69) is 10.6 Å². The molecular weight excluding hydrogens is 389 g/mol. The number of likely N-dealkylation sites (tertiary alicyclic amines) is 1. The molecule has 1 heterocycles. The number of alkyl carbamates (subject to hydrolysis) is 1. The first-order valence-corrected chi connectivity index (χ1v) is 10.4. The molecule has 0 radical (unpaired) electrons. The van der Waals surface area contributed by atoms with Crippen LogP contribution in [-0.2, 0) is 20.7 Å². The molecule has 0 bridgehead atoms. The number of aryl methyl sites for hydroxylation is 1. The molecule has 30 heavy (non-hydrogen) atoms. The summed E-state index contributed by atoms with van der Waals surface area (Å²) in [5.74, 6) is -0.190. The molecule has 1 aromatic carbocycles. The first kappa shape index (κ1) is 23.6. The van der Waals surface area contributed by atoms with Crippen molar-refractivity contribution in [2.45, 2.75) is 52.1 Å². The number of hydrogen-bond donors (Lipinski definition) is 2. The number of carbonyl (C=O) groups is 3. The molecule has 0 atom stereocenters. The van der Waals surface area contributed by atoms with Gasteiger partial charge in [0.05, 0.1) is 6.54 Å². The van der Waals surface area contributed by atoms with E-state index in [0.29, 0.717) is 38.4 Å². The Hall–Kier alpha value is -2.64. The van der Waals surface area contributed by atoms with Gasteiger partial charge in [0, 0.05) is 26.1 Å². The summed E-state index contributed by atoms with van der Waals surface area (Å²) in [6.45, 7) is 6.95. The number of piperidine rings is 1. The lowest BCUT2D eigenvalue weighted by molar-refractivity contribution is -0.132. The van der Waals surface area contributed by atoms with Crippen LogP contribution in [-0.4, -0.2) is 54.6 Å². The molecule has 8 heteroatoms. The summed E-state index contributed by atoms with van der Waals surface area (Å²) in [5.41, 5.74) is 0.212. The van der Waals surface area contributed by atoms with Crippen molar-refractivity contribution in [1.82, 2.24) is 15.5 Å². The summed E-state index contributed by atoms with van der Waals surface area (Å²) >= 11 is 0. The predicted molar refractivity (Wildman–Crippen MR) is 111 cm³/mol. The second-order valence-corrected chi connectivity index (χ2v) is 8.61. The van der Waals surface area contributed by atoms with Gasteiger partial charge in [-0.15, -0.1) is 0 Å². The lowest BCUT2D eigenvalue weighted by Gasteiger charge is -2.32. The molecule has 2 N–H and O–H groups in total. The average Bonchev–Trinajstić information content (AvgIpc) is 2.68. The number of halogens is 1. The molecule has 0 unspecified atom stereocenters. The van der Waals surface area contributed by atoms with E-state index in [1.807, 2.05) is 11.0 Å². The van der Waals surface area contributed by atoms with Crippen molar-refractivity contribution < 1.29 is 23.5 Å². The fraction of sp³-hybridized carbons (Fsp3) is 0.591. The van der Waals surface area contributed by atoms with Gasteiger partial charge < -0.3 is 20.3 Å². The van der Waals surface area contributed by atoms with Crippen LogP contribution in [0, 0.1) is 11.7 Å². The van der Waals surface area contributed by atoms with Gasteiger partial charge >= 0.3 is 6.09 Å². The van der Waals surface area contributed by atoms with E-state index in [0.717, 1.165) is 18.4 Å². The number of hydrogen-bond acceptors (Lipinski definition) is 4. The van der Waals surface area contributed by atoms with E-state index in [4.69, 9.17) is 4.74 Å². The molecule has 7 nitrogen and oxygen atoms in total. The maximum Gasteiger partial charge on any atom is 0.408 e. The standard InChI is InChI=1S/C22H32FN3O4/c1-22(2,3)30-21(29)25-15-19(27)24-14-17-9-11-26(12-10-17)20(28)8-7-16-5-4-6-18(23)13-16/h4-6,13,17H,7-12,14-15H2,1-3H3,(H,24,27)(H,25,29). The van der Waals surface area contributed by atoms with Crippen LogP contribution in [0.4, 0.5) is 9.18 Å². The maximum absolute atomic E-state index is 13.2. The van der Waals surface area contributed by atoms with Crippen molar-refractivity contribution in [3.8, 4) is 0 Å². The Balaban J connectivity index is 1.61. The Morgan fingerprint density at radius 1 is 1.17 bits per heavy atom. The van der Waals surface area contributed by atoms with Crippen molar-refractivity contribution in [3.63, 3.8) is 0 Å². The highest BCUT2D eigenvalue weighted by atomic mass is 19.1. The Labute approximate surface area is 177 Å². The summed E-state index contributed by atoms with van der Waals surface area (Å²) in [4.78, 5) is 37.7. The number of rotatable bonds is 7. The highest BCUT2D eigenvalue weighted by Gasteiger charge is 2.23. The second kappa shape index (κ2) is 10.9. The number of amides is 3. The Morgan fingerprint density at radius 2 is 1.87 bits per heavy atom. The van der Waals surface area contributed by atoms with Crippen molar-refractivity contribution >= 4 is 17.9 Å². The van der Waals surface area contributed by atoms with Crippen molar-refractivity contribution in [2.75, 3.05) is 26.2 Å². The summed E-state index contributed by atoms with van der Waals surface area (Å²) in [5, 5.41) is 5.25. The third-order valence-corrected chi connectivity index (χ3v) is 4.86. The SMILES string of the molecule is CC(C)(C)OC(=O)NCC(=O)NCC1CCN(C(=O)CCc2cccc(F)c2)CC1. The third kappa shape index (κ3) is 8.80. The highest BCUT2D eigenvalue weighted by Crippen LogP contribution is 2.18. The smallest absolute Gasteiger partial charge is 0.408 e. The number of benzene rings is 1. The van der Waals surface area contributed by atoms with Crippen LogP contribution < -0.4 is 10.6 Å². The third-order valence-electron chi connectivity index (χ3n) is 4.86. The lowest BCUT2D eigenvalue weighted by atomic mass is 9.96. The minimum Gasteiger partial charge on any atom is -0.444 e. The monoisotopic (exact) mass is 421 g/mol. The Morgan fingerprint density at radius 3 is 2.50 bits per heavy atom. The number of nitrogens with zero attached hydrogens (tertiary/aromatic N) is 1. The zero-order valence-electron chi connectivity index (χ0n) is 18.0. The van der Waals surface area contributed by atoms with Crippen LogP contribution in [0.2, 0.25) is 0 Å². The van der Waals surface area contributed by atoms with Crippen LogP contribution in [0.15, 0.2) is 24.3 Å². The molecule has 0 saturated carbocycles. The molecule has 1 aromatic rings.